The van der Waals surface area contributed by atoms with Gasteiger partial charge < -0.3 is 15.5 Å². The van der Waals surface area contributed by atoms with Crippen LogP contribution in [0.5, 0.6) is 0 Å². The lowest BCUT2D eigenvalue weighted by Gasteiger charge is -2.21. The number of hydrogen-bond acceptors (Lipinski definition) is 3. The smallest absolute Gasteiger partial charge is 0.376 e. The molecule has 0 aromatic heterocycles. The summed E-state index contributed by atoms with van der Waals surface area (Å²) in [7, 11) is 0. The number of alkyl halides is 3. The summed E-state index contributed by atoms with van der Waals surface area (Å²) < 4.78 is 38.3. The normalized spacial score (nSPS) is 11.1. The summed E-state index contributed by atoms with van der Waals surface area (Å²) >= 11 is 0. The first kappa shape index (κ1) is 23.3. The van der Waals surface area contributed by atoms with Gasteiger partial charge in [0.1, 0.15) is 0 Å². The molecule has 2 rings (SSSR count). The van der Waals surface area contributed by atoms with Crippen LogP contribution in [-0.2, 0) is 11.0 Å². The van der Waals surface area contributed by atoms with E-state index in [2.05, 4.69) is 10.6 Å². The van der Waals surface area contributed by atoms with Crippen LogP contribution in [-0.4, -0.2) is 36.3 Å². The average molecular weight is 421 g/mol. The van der Waals surface area contributed by atoms with E-state index in [-0.39, 0.29) is 18.1 Å². The maximum absolute atomic E-state index is 12.8. The molecular weight excluding hydrogens is 395 g/mol. The van der Waals surface area contributed by atoms with E-state index in [1.165, 1.54) is 12.1 Å². The minimum Gasteiger partial charge on any atom is -0.376 e. The van der Waals surface area contributed by atoms with E-state index in [0.29, 0.717) is 24.3 Å². The highest BCUT2D eigenvalue weighted by molar-refractivity contribution is 5.98. The summed E-state index contributed by atoms with van der Waals surface area (Å²) in [6, 6.07) is 11.3. The molecule has 162 valence electrons. The Morgan fingerprint density at radius 1 is 0.933 bits per heavy atom. The molecule has 0 unspecified atom stereocenters. The fourth-order valence-electron chi connectivity index (χ4n) is 2.96. The van der Waals surface area contributed by atoms with Gasteiger partial charge in [-0.15, -0.1) is 0 Å². The van der Waals surface area contributed by atoms with Gasteiger partial charge in [0.05, 0.1) is 12.1 Å². The standard InChI is InChI=1S/C22H26F3N3O2/c1-3-11-28(12-4-2)21(30)16-7-5-10-19(13-16)27-20(29)15-26-18-9-6-8-17(14-18)22(23,24)25/h5-10,13-14,26H,3-4,11-12,15H2,1-2H3,(H,27,29). The van der Waals surface area contributed by atoms with Gasteiger partial charge >= 0.3 is 6.18 Å². The minimum atomic E-state index is -4.45. The molecule has 0 fully saturated rings. The summed E-state index contributed by atoms with van der Waals surface area (Å²) in [5, 5.41) is 5.34. The van der Waals surface area contributed by atoms with Crippen LogP contribution in [0, 0.1) is 0 Å². The Balaban J connectivity index is 1.99. The summed E-state index contributed by atoms with van der Waals surface area (Å²) in [5.41, 5.74) is 0.326. The zero-order chi connectivity index (χ0) is 22.1. The fraction of sp³-hybridized carbons (Fsp3) is 0.364. The van der Waals surface area contributed by atoms with Crippen molar-refractivity contribution in [3.05, 3.63) is 59.7 Å². The van der Waals surface area contributed by atoms with E-state index in [4.69, 9.17) is 0 Å². The van der Waals surface area contributed by atoms with E-state index < -0.39 is 17.6 Å². The topological polar surface area (TPSA) is 61.4 Å². The third-order valence-electron chi connectivity index (χ3n) is 4.31. The highest BCUT2D eigenvalue weighted by Gasteiger charge is 2.30. The zero-order valence-electron chi connectivity index (χ0n) is 17.1. The predicted octanol–water partition coefficient (Wildman–Crippen LogP) is 5.02. The minimum absolute atomic E-state index is 0.100. The second-order valence-electron chi connectivity index (χ2n) is 6.85. The van der Waals surface area contributed by atoms with Crippen LogP contribution in [0.4, 0.5) is 24.5 Å². The van der Waals surface area contributed by atoms with Gasteiger partial charge in [0, 0.05) is 30.0 Å². The van der Waals surface area contributed by atoms with Crippen LogP contribution in [0.15, 0.2) is 48.5 Å². The van der Waals surface area contributed by atoms with Crippen LogP contribution in [0.2, 0.25) is 0 Å². The largest absolute Gasteiger partial charge is 0.416 e. The second kappa shape index (κ2) is 10.7. The number of rotatable bonds is 9. The number of nitrogens with zero attached hydrogens (tertiary/aromatic N) is 1. The molecule has 0 aliphatic heterocycles. The maximum Gasteiger partial charge on any atom is 0.416 e. The van der Waals surface area contributed by atoms with Crippen LogP contribution in [0.1, 0.15) is 42.6 Å². The molecule has 30 heavy (non-hydrogen) atoms. The molecule has 2 N–H and O–H groups in total. The monoisotopic (exact) mass is 421 g/mol. The van der Waals surface area contributed by atoms with Gasteiger partial charge in [0.25, 0.3) is 5.91 Å². The van der Waals surface area contributed by atoms with Crippen LogP contribution in [0.3, 0.4) is 0 Å². The summed E-state index contributed by atoms with van der Waals surface area (Å²) in [6.45, 7) is 5.11. The molecule has 0 spiro atoms. The van der Waals surface area contributed by atoms with Crippen molar-refractivity contribution in [1.29, 1.82) is 0 Å². The molecule has 0 saturated heterocycles. The Morgan fingerprint density at radius 2 is 1.57 bits per heavy atom. The molecule has 0 radical (unpaired) electrons. The van der Waals surface area contributed by atoms with Gasteiger partial charge in [0.15, 0.2) is 0 Å². The molecule has 0 bridgehead atoms. The van der Waals surface area contributed by atoms with E-state index in [0.717, 1.165) is 25.0 Å². The van der Waals surface area contributed by atoms with Crippen molar-refractivity contribution in [2.75, 3.05) is 30.3 Å². The Bertz CT molecular complexity index is 863. The van der Waals surface area contributed by atoms with Gasteiger partial charge in [-0.25, -0.2) is 0 Å². The van der Waals surface area contributed by atoms with Crippen LogP contribution < -0.4 is 10.6 Å². The Hall–Kier alpha value is -3.03. The van der Waals surface area contributed by atoms with E-state index in [9.17, 15) is 22.8 Å². The quantitative estimate of drug-likeness (QED) is 0.598. The number of carbonyl (C=O) groups excluding carboxylic acids is 2. The number of benzene rings is 2. The molecule has 5 nitrogen and oxygen atoms in total. The molecule has 0 aliphatic rings. The summed E-state index contributed by atoms with van der Waals surface area (Å²) in [5.74, 6) is -0.534. The molecule has 0 atom stereocenters. The fourth-order valence-corrected chi connectivity index (χ4v) is 2.96. The van der Waals surface area contributed by atoms with E-state index >= 15 is 0 Å². The lowest BCUT2D eigenvalue weighted by atomic mass is 10.1. The van der Waals surface area contributed by atoms with Crippen molar-refractivity contribution in [3.63, 3.8) is 0 Å². The Morgan fingerprint density at radius 3 is 2.20 bits per heavy atom. The predicted molar refractivity (Wildman–Crippen MR) is 111 cm³/mol. The molecule has 8 heteroatoms. The SMILES string of the molecule is CCCN(CCC)C(=O)c1cccc(NC(=O)CNc2cccc(C(F)(F)F)c2)c1. The highest BCUT2D eigenvalue weighted by Crippen LogP contribution is 2.30. The maximum atomic E-state index is 12.8. The number of nitrogens with one attached hydrogen (secondary N) is 2. The van der Waals surface area contributed by atoms with Crippen molar-refractivity contribution in [2.45, 2.75) is 32.9 Å². The molecular formula is C22H26F3N3O2. The van der Waals surface area contributed by atoms with Crippen molar-refractivity contribution < 1.29 is 22.8 Å². The lowest BCUT2D eigenvalue weighted by Crippen LogP contribution is -2.32. The average Bonchev–Trinajstić information content (AvgIpc) is 2.71. The van der Waals surface area contributed by atoms with Gasteiger partial charge in [-0.05, 0) is 49.2 Å². The van der Waals surface area contributed by atoms with E-state index in [1.807, 2.05) is 13.8 Å². The van der Waals surface area contributed by atoms with Crippen LogP contribution >= 0.6 is 0 Å². The van der Waals surface area contributed by atoms with Crippen molar-refractivity contribution in [3.8, 4) is 0 Å². The molecule has 2 amide bonds. The van der Waals surface area contributed by atoms with Crippen molar-refractivity contribution >= 4 is 23.2 Å². The molecule has 0 saturated carbocycles. The lowest BCUT2D eigenvalue weighted by molar-refractivity contribution is -0.137. The molecule has 2 aromatic rings. The number of halogens is 3. The molecule has 0 aliphatic carbocycles. The van der Waals surface area contributed by atoms with Crippen molar-refractivity contribution in [2.24, 2.45) is 0 Å². The third kappa shape index (κ3) is 6.79. The first-order valence-electron chi connectivity index (χ1n) is 9.85. The van der Waals surface area contributed by atoms with Crippen LogP contribution in [0.25, 0.3) is 0 Å². The van der Waals surface area contributed by atoms with Gasteiger partial charge in [0.2, 0.25) is 5.91 Å². The van der Waals surface area contributed by atoms with Gasteiger partial charge in [-0.1, -0.05) is 26.0 Å². The Kier molecular flexibility index (Phi) is 8.26. The van der Waals surface area contributed by atoms with E-state index in [1.54, 1.807) is 29.2 Å². The number of hydrogen-bond donors (Lipinski definition) is 2. The molecule has 2 aromatic carbocycles. The number of carbonyl (C=O) groups is 2. The number of anilines is 2. The zero-order valence-corrected chi connectivity index (χ0v) is 17.1. The van der Waals surface area contributed by atoms with Gasteiger partial charge in [-0.3, -0.25) is 9.59 Å². The molecule has 0 heterocycles. The Labute approximate surface area is 174 Å². The van der Waals surface area contributed by atoms with Crippen molar-refractivity contribution in [1.82, 2.24) is 4.90 Å². The highest BCUT2D eigenvalue weighted by atomic mass is 19.4. The third-order valence-corrected chi connectivity index (χ3v) is 4.31. The summed E-state index contributed by atoms with van der Waals surface area (Å²) in [4.78, 5) is 26.7. The summed E-state index contributed by atoms with van der Waals surface area (Å²) in [6.07, 6.45) is -2.75. The second-order valence-corrected chi connectivity index (χ2v) is 6.85. The number of amides is 2. The first-order valence-corrected chi connectivity index (χ1v) is 9.85. The van der Waals surface area contributed by atoms with Gasteiger partial charge in [-0.2, -0.15) is 13.2 Å². The first-order chi connectivity index (χ1) is 14.2.